The number of hydrogen-bond donors (Lipinski definition) is 1. The van der Waals surface area contributed by atoms with Crippen LogP contribution in [0.15, 0.2) is 24.3 Å². The van der Waals surface area contributed by atoms with Crippen LogP contribution in [0, 0.1) is 0 Å². The molecule has 0 bridgehead atoms. The van der Waals surface area contributed by atoms with Gasteiger partial charge >= 0.3 is 0 Å². The summed E-state index contributed by atoms with van der Waals surface area (Å²) in [6, 6.07) is 7.11. The quantitative estimate of drug-likeness (QED) is 0.879. The Morgan fingerprint density at radius 1 is 1.25 bits per heavy atom. The second-order valence-corrected chi connectivity index (χ2v) is 5.04. The van der Waals surface area contributed by atoms with Crippen molar-refractivity contribution in [3.8, 4) is 5.75 Å². The maximum absolute atomic E-state index is 6.01. The van der Waals surface area contributed by atoms with Gasteiger partial charge in [-0.15, -0.1) is 0 Å². The highest BCUT2D eigenvalue weighted by atomic mass is 35.5. The predicted octanol–water partition coefficient (Wildman–Crippen LogP) is 3.01. The van der Waals surface area contributed by atoms with Crippen molar-refractivity contribution in [3.05, 3.63) is 40.0 Å². The lowest BCUT2D eigenvalue weighted by Crippen LogP contribution is -2.19. The van der Waals surface area contributed by atoms with Gasteiger partial charge in [0.1, 0.15) is 16.7 Å². The minimum atomic E-state index is 0.136. The minimum absolute atomic E-state index is 0.136. The van der Waals surface area contributed by atoms with Gasteiger partial charge in [0.15, 0.2) is 0 Å². The van der Waals surface area contributed by atoms with E-state index in [1.54, 1.807) is 19.2 Å². The molecule has 0 saturated carbocycles. The highest BCUT2D eigenvalue weighted by molar-refractivity contribution is 6.30. The third-order valence-corrected chi connectivity index (χ3v) is 3.17. The summed E-state index contributed by atoms with van der Waals surface area (Å²) in [5, 5.41) is 0.951. The molecule has 2 N–H and O–H groups in total. The van der Waals surface area contributed by atoms with Crippen LogP contribution in [0.1, 0.15) is 5.56 Å². The summed E-state index contributed by atoms with van der Waals surface area (Å²) in [5.74, 6) is 1.52. The van der Waals surface area contributed by atoms with Crippen molar-refractivity contribution in [3.63, 3.8) is 0 Å². The van der Waals surface area contributed by atoms with E-state index < -0.39 is 0 Å². The SMILES string of the molecule is COc1ccc(Cl)cc1CN(C)c1cc(Cl)nc(N)n1. The van der Waals surface area contributed by atoms with Crippen molar-refractivity contribution in [2.75, 3.05) is 24.8 Å². The maximum Gasteiger partial charge on any atom is 0.223 e. The maximum atomic E-state index is 6.01. The van der Waals surface area contributed by atoms with Crippen LogP contribution in [0.4, 0.5) is 11.8 Å². The number of rotatable bonds is 4. The summed E-state index contributed by atoms with van der Waals surface area (Å²) < 4.78 is 5.32. The molecule has 7 heteroatoms. The van der Waals surface area contributed by atoms with E-state index >= 15 is 0 Å². The Kier molecular flexibility index (Phi) is 4.52. The van der Waals surface area contributed by atoms with Crippen LogP contribution < -0.4 is 15.4 Å². The number of methoxy groups -OCH3 is 1. The molecule has 5 nitrogen and oxygen atoms in total. The second-order valence-electron chi connectivity index (χ2n) is 4.22. The predicted molar refractivity (Wildman–Crippen MR) is 81.6 cm³/mol. The third kappa shape index (κ3) is 3.43. The molecule has 0 unspecified atom stereocenters. The van der Waals surface area contributed by atoms with Crippen molar-refractivity contribution >= 4 is 35.0 Å². The first kappa shape index (κ1) is 14.7. The number of hydrogen-bond acceptors (Lipinski definition) is 5. The van der Waals surface area contributed by atoms with E-state index in [-0.39, 0.29) is 5.95 Å². The first-order valence-electron chi connectivity index (χ1n) is 5.83. The molecule has 20 heavy (non-hydrogen) atoms. The van der Waals surface area contributed by atoms with Crippen molar-refractivity contribution in [1.82, 2.24) is 9.97 Å². The summed E-state index contributed by atoms with van der Waals surface area (Å²) in [6.07, 6.45) is 0. The molecule has 0 aliphatic carbocycles. The Morgan fingerprint density at radius 3 is 2.65 bits per heavy atom. The molecule has 0 spiro atoms. The van der Waals surface area contributed by atoms with Crippen LogP contribution in [0.25, 0.3) is 0 Å². The van der Waals surface area contributed by atoms with Crippen LogP contribution >= 0.6 is 23.2 Å². The van der Waals surface area contributed by atoms with Gasteiger partial charge in [0.2, 0.25) is 5.95 Å². The fourth-order valence-corrected chi connectivity index (χ4v) is 2.20. The Hall–Kier alpha value is -1.72. The van der Waals surface area contributed by atoms with Crippen LogP contribution in [0.2, 0.25) is 10.2 Å². The van der Waals surface area contributed by atoms with Crippen molar-refractivity contribution < 1.29 is 4.74 Å². The van der Waals surface area contributed by atoms with E-state index in [0.717, 1.165) is 11.3 Å². The molecule has 0 saturated heterocycles. The number of anilines is 2. The number of nitrogen functional groups attached to an aromatic ring is 1. The lowest BCUT2D eigenvalue weighted by atomic mass is 10.2. The fraction of sp³-hybridized carbons (Fsp3) is 0.231. The van der Waals surface area contributed by atoms with E-state index in [9.17, 15) is 0 Å². The van der Waals surface area contributed by atoms with Crippen LogP contribution in [0.5, 0.6) is 5.75 Å². The molecule has 0 radical (unpaired) electrons. The van der Waals surface area contributed by atoms with Gasteiger partial charge in [0.05, 0.1) is 7.11 Å². The summed E-state index contributed by atoms with van der Waals surface area (Å²) in [5.41, 5.74) is 6.53. The van der Waals surface area contributed by atoms with Crippen LogP contribution in [-0.2, 0) is 6.54 Å². The number of aromatic nitrogens is 2. The fourth-order valence-electron chi connectivity index (χ4n) is 1.83. The molecule has 0 fully saturated rings. The van der Waals surface area contributed by atoms with Gasteiger partial charge in [-0.1, -0.05) is 23.2 Å². The topological polar surface area (TPSA) is 64.3 Å². The van der Waals surface area contributed by atoms with E-state index in [1.807, 2.05) is 24.1 Å². The molecule has 0 aliphatic rings. The van der Waals surface area contributed by atoms with Gasteiger partial charge in [-0.3, -0.25) is 0 Å². The Balaban J connectivity index is 2.27. The van der Waals surface area contributed by atoms with Gasteiger partial charge in [-0.2, -0.15) is 4.98 Å². The van der Waals surface area contributed by atoms with Crippen molar-refractivity contribution in [2.45, 2.75) is 6.54 Å². The molecule has 2 rings (SSSR count). The molecule has 2 aromatic rings. The molecule has 1 aromatic heterocycles. The number of benzene rings is 1. The first-order chi connectivity index (χ1) is 9.49. The Morgan fingerprint density at radius 2 is 2.00 bits per heavy atom. The highest BCUT2D eigenvalue weighted by Gasteiger charge is 2.10. The summed E-state index contributed by atoms with van der Waals surface area (Å²) in [7, 11) is 3.49. The number of halogens is 2. The Bertz CT molecular complexity index is 601. The second kappa shape index (κ2) is 6.15. The van der Waals surface area contributed by atoms with E-state index in [4.69, 9.17) is 33.7 Å². The van der Waals surface area contributed by atoms with Gasteiger partial charge in [0, 0.05) is 30.2 Å². The number of nitrogens with two attached hydrogens (primary N) is 1. The molecule has 0 aliphatic heterocycles. The lowest BCUT2D eigenvalue weighted by Gasteiger charge is -2.20. The molecule has 106 valence electrons. The monoisotopic (exact) mass is 312 g/mol. The summed E-state index contributed by atoms with van der Waals surface area (Å²) in [4.78, 5) is 9.86. The third-order valence-electron chi connectivity index (χ3n) is 2.74. The Labute approximate surface area is 127 Å². The molecule has 0 atom stereocenters. The molecule has 1 aromatic carbocycles. The largest absolute Gasteiger partial charge is 0.496 e. The standard InChI is InChI=1S/C13H14Cl2N4O/c1-19(12-6-11(15)17-13(16)18-12)7-8-5-9(14)3-4-10(8)20-2/h3-6H,7H2,1-2H3,(H2,16,17,18). The lowest BCUT2D eigenvalue weighted by molar-refractivity contribution is 0.409. The molecular formula is C13H14Cl2N4O. The van der Waals surface area contributed by atoms with E-state index in [1.165, 1.54) is 0 Å². The molecule has 1 heterocycles. The zero-order valence-corrected chi connectivity index (χ0v) is 12.6. The van der Waals surface area contributed by atoms with Crippen molar-refractivity contribution in [1.29, 1.82) is 0 Å². The summed E-state index contributed by atoms with van der Waals surface area (Å²) >= 11 is 11.9. The van der Waals surface area contributed by atoms with E-state index in [0.29, 0.717) is 22.5 Å². The summed E-state index contributed by atoms with van der Waals surface area (Å²) in [6.45, 7) is 0.552. The van der Waals surface area contributed by atoms with Gasteiger partial charge in [-0.05, 0) is 18.2 Å². The minimum Gasteiger partial charge on any atom is -0.496 e. The number of nitrogens with zero attached hydrogens (tertiary/aromatic N) is 3. The average Bonchev–Trinajstić information content (AvgIpc) is 2.37. The number of ether oxygens (including phenoxy) is 1. The molecule has 0 amide bonds. The van der Waals surface area contributed by atoms with Crippen LogP contribution in [0.3, 0.4) is 0 Å². The normalized spacial score (nSPS) is 10.4. The van der Waals surface area contributed by atoms with Gasteiger partial charge in [-0.25, -0.2) is 4.98 Å². The average molecular weight is 313 g/mol. The molecular weight excluding hydrogens is 299 g/mol. The smallest absolute Gasteiger partial charge is 0.223 e. The highest BCUT2D eigenvalue weighted by Crippen LogP contribution is 2.25. The van der Waals surface area contributed by atoms with Gasteiger partial charge < -0.3 is 15.4 Å². The van der Waals surface area contributed by atoms with Crippen molar-refractivity contribution in [2.24, 2.45) is 0 Å². The van der Waals surface area contributed by atoms with Gasteiger partial charge in [0.25, 0.3) is 0 Å². The zero-order valence-electron chi connectivity index (χ0n) is 11.1. The first-order valence-corrected chi connectivity index (χ1v) is 6.59. The van der Waals surface area contributed by atoms with Crippen LogP contribution in [-0.4, -0.2) is 24.1 Å². The zero-order chi connectivity index (χ0) is 14.7. The van der Waals surface area contributed by atoms with E-state index in [2.05, 4.69) is 9.97 Å².